The van der Waals surface area contributed by atoms with Gasteiger partial charge in [0.2, 0.25) is 0 Å². The fourth-order valence-corrected chi connectivity index (χ4v) is 3.34. The predicted molar refractivity (Wildman–Crippen MR) is 53.1 cm³/mol. The second kappa shape index (κ2) is 3.81. The quantitative estimate of drug-likeness (QED) is 0.552. The highest BCUT2D eigenvalue weighted by Gasteiger charge is 2.30. The Bertz CT molecular complexity index is 139. The Labute approximate surface area is 76.7 Å². The Morgan fingerprint density at radius 3 is 2.42 bits per heavy atom. The zero-order chi connectivity index (χ0) is 8.39. The first-order chi connectivity index (χ1) is 5.90. The van der Waals surface area contributed by atoms with Crippen molar-refractivity contribution in [2.45, 2.75) is 58.3 Å². The lowest BCUT2D eigenvalue weighted by atomic mass is 9.67. The highest BCUT2D eigenvalue weighted by molar-refractivity contribution is 4.82. The number of rotatable bonds is 1. The molecule has 0 heteroatoms. The summed E-state index contributed by atoms with van der Waals surface area (Å²) in [7, 11) is 0. The van der Waals surface area contributed by atoms with E-state index >= 15 is 0 Å². The number of fused-ring (bicyclic) bond motifs is 1. The molecule has 0 aromatic carbocycles. The van der Waals surface area contributed by atoms with E-state index in [9.17, 15) is 0 Å². The molecule has 0 amide bonds. The fraction of sp³-hybridized carbons (Fsp3) is 1.00. The molecule has 0 aliphatic heterocycles. The number of hydrogen-bond donors (Lipinski definition) is 0. The van der Waals surface area contributed by atoms with Crippen LogP contribution in [0.5, 0.6) is 0 Å². The minimum absolute atomic E-state index is 1.09. The van der Waals surface area contributed by atoms with Crippen LogP contribution in [0.3, 0.4) is 0 Å². The van der Waals surface area contributed by atoms with Crippen LogP contribution < -0.4 is 0 Å². The molecular formula is C12H22. The summed E-state index contributed by atoms with van der Waals surface area (Å²) < 4.78 is 0. The molecule has 2 rings (SSSR count). The largest absolute Gasteiger partial charge is 0.0651 e. The molecule has 12 heavy (non-hydrogen) atoms. The van der Waals surface area contributed by atoms with Crippen molar-refractivity contribution >= 4 is 0 Å². The SMILES string of the molecule is CC[C@H]1CC[C@H]2CCCC[C@@H]2C1. The van der Waals surface area contributed by atoms with E-state index in [0.29, 0.717) is 0 Å². The van der Waals surface area contributed by atoms with E-state index in [1.807, 2.05) is 0 Å². The van der Waals surface area contributed by atoms with Gasteiger partial charge in [0, 0.05) is 0 Å². The summed E-state index contributed by atoms with van der Waals surface area (Å²) in [5.74, 6) is 3.36. The van der Waals surface area contributed by atoms with Crippen molar-refractivity contribution < 1.29 is 0 Å². The molecule has 0 bridgehead atoms. The summed E-state index contributed by atoms with van der Waals surface area (Å²) in [6, 6.07) is 0. The molecule has 2 fully saturated rings. The molecule has 2 aliphatic rings. The van der Waals surface area contributed by atoms with Crippen LogP contribution in [0.4, 0.5) is 0 Å². The second-order valence-corrected chi connectivity index (χ2v) is 4.89. The second-order valence-electron chi connectivity index (χ2n) is 4.89. The third-order valence-corrected chi connectivity index (χ3v) is 4.23. The molecule has 0 aromatic rings. The van der Waals surface area contributed by atoms with Gasteiger partial charge in [-0.15, -0.1) is 0 Å². The molecule has 0 spiro atoms. The minimum atomic E-state index is 1.09. The number of hydrogen-bond acceptors (Lipinski definition) is 0. The summed E-state index contributed by atoms with van der Waals surface area (Å²) >= 11 is 0. The molecule has 0 radical (unpaired) electrons. The summed E-state index contributed by atoms with van der Waals surface area (Å²) in [6.07, 6.45) is 12.3. The van der Waals surface area contributed by atoms with Gasteiger partial charge >= 0.3 is 0 Å². The summed E-state index contributed by atoms with van der Waals surface area (Å²) in [5.41, 5.74) is 0. The van der Waals surface area contributed by atoms with Crippen molar-refractivity contribution in [2.75, 3.05) is 0 Å². The maximum absolute atomic E-state index is 2.37. The molecule has 0 heterocycles. The van der Waals surface area contributed by atoms with E-state index in [2.05, 4.69) is 6.92 Å². The lowest BCUT2D eigenvalue weighted by Crippen LogP contribution is -2.27. The summed E-state index contributed by atoms with van der Waals surface area (Å²) in [4.78, 5) is 0. The van der Waals surface area contributed by atoms with Crippen molar-refractivity contribution in [1.29, 1.82) is 0 Å². The molecule has 0 nitrogen and oxygen atoms in total. The van der Waals surface area contributed by atoms with Gasteiger partial charge in [-0.25, -0.2) is 0 Å². The van der Waals surface area contributed by atoms with Crippen molar-refractivity contribution in [2.24, 2.45) is 17.8 Å². The Hall–Kier alpha value is 0. The molecular weight excluding hydrogens is 144 g/mol. The van der Waals surface area contributed by atoms with Gasteiger partial charge in [-0.05, 0) is 30.6 Å². The maximum Gasteiger partial charge on any atom is -0.0383 e. The van der Waals surface area contributed by atoms with Crippen LogP contribution in [0.1, 0.15) is 58.3 Å². The topological polar surface area (TPSA) is 0 Å². The van der Waals surface area contributed by atoms with Crippen LogP contribution in [0.15, 0.2) is 0 Å². The lowest BCUT2D eigenvalue weighted by molar-refractivity contribution is 0.128. The van der Waals surface area contributed by atoms with Crippen LogP contribution >= 0.6 is 0 Å². The van der Waals surface area contributed by atoms with Gasteiger partial charge in [-0.2, -0.15) is 0 Å². The van der Waals surface area contributed by atoms with Gasteiger partial charge < -0.3 is 0 Å². The molecule has 2 aliphatic carbocycles. The zero-order valence-corrected chi connectivity index (χ0v) is 8.39. The monoisotopic (exact) mass is 166 g/mol. The van der Waals surface area contributed by atoms with Gasteiger partial charge in [0.15, 0.2) is 0 Å². The van der Waals surface area contributed by atoms with Gasteiger partial charge in [0.25, 0.3) is 0 Å². The zero-order valence-electron chi connectivity index (χ0n) is 8.39. The van der Waals surface area contributed by atoms with E-state index in [1.54, 1.807) is 25.7 Å². The Balaban J connectivity index is 1.90. The predicted octanol–water partition coefficient (Wildman–Crippen LogP) is 4.00. The normalized spacial score (nSPS) is 42.2. The van der Waals surface area contributed by atoms with Crippen LogP contribution in [0, 0.1) is 17.8 Å². The molecule has 70 valence electrons. The Morgan fingerprint density at radius 2 is 1.67 bits per heavy atom. The Kier molecular flexibility index (Phi) is 2.73. The smallest absolute Gasteiger partial charge is 0.0383 e. The van der Waals surface area contributed by atoms with Crippen molar-refractivity contribution in [1.82, 2.24) is 0 Å². The maximum atomic E-state index is 2.37. The molecule has 3 atom stereocenters. The van der Waals surface area contributed by atoms with Gasteiger partial charge in [-0.3, -0.25) is 0 Å². The third-order valence-electron chi connectivity index (χ3n) is 4.23. The summed E-state index contributed by atoms with van der Waals surface area (Å²) in [5, 5.41) is 0. The highest BCUT2D eigenvalue weighted by Crippen LogP contribution is 2.43. The summed E-state index contributed by atoms with van der Waals surface area (Å²) in [6.45, 7) is 2.37. The van der Waals surface area contributed by atoms with E-state index in [4.69, 9.17) is 0 Å². The van der Waals surface area contributed by atoms with Crippen molar-refractivity contribution in [3.05, 3.63) is 0 Å². The van der Waals surface area contributed by atoms with E-state index in [0.717, 1.165) is 17.8 Å². The third kappa shape index (κ3) is 1.67. The van der Waals surface area contributed by atoms with Crippen LogP contribution in [-0.2, 0) is 0 Å². The minimum Gasteiger partial charge on any atom is -0.0651 e. The first kappa shape index (κ1) is 8.59. The standard InChI is InChI=1S/C12H22/c1-2-10-7-8-11-5-3-4-6-12(11)9-10/h10-12H,2-9H2,1H3/t10-,11+,12+/m0/s1. The molecule has 0 unspecified atom stereocenters. The van der Waals surface area contributed by atoms with Crippen molar-refractivity contribution in [3.8, 4) is 0 Å². The molecule has 0 aromatic heterocycles. The highest BCUT2D eigenvalue weighted by atomic mass is 14.4. The lowest BCUT2D eigenvalue weighted by Gasteiger charge is -2.39. The van der Waals surface area contributed by atoms with E-state index in [-0.39, 0.29) is 0 Å². The van der Waals surface area contributed by atoms with Crippen molar-refractivity contribution in [3.63, 3.8) is 0 Å². The molecule has 0 saturated heterocycles. The molecule has 0 N–H and O–H groups in total. The van der Waals surface area contributed by atoms with Crippen LogP contribution in [0.25, 0.3) is 0 Å². The molecule has 2 saturated carbocycles. The van der Waals surface area contributed by atoms with Crippen LogP contribution in [-0.4, -0.2) is 0 Å². The first-order valence-electron chi connectivity index (χ1n) is 5.90. The first-order valence-corrected chi connectivity index (χ1v) is 5.90. The Morgan fingerprint density at radius 1 is 0.917 bits per heavy atom. The van der Waals surface area contributed by atoms with E-state index < -0.39 is 0 Å². The van der Waals surface area contributed by atoms with Crippen LogP contribution in [0.2, 0.25) is 0 Å². The average molecular weight is 166 g/mol. The van der Waals surface area contributed by atoms with E-state index in [1.165, 1.54) is 25.7 Å². The fourth-order valence-electron chi connectivity index (χ4n) is 3.34. The van der Waals surface area contributed by atoms with Gasteiger partial charge in [0.05, 0.1) is 0 Å². The van der Waals surface area contributed by atoms with Gasteiger partial charge in [0.1, 0.15) is 0 Å². The average Bonchev–Trinajstić information content (AvgIpc) is 2.17. The van der Waals surface area contributed by atoms with Gasteiger partial charge in [-0.1, -0.05) is 45.4 Å².